The van der Waals surface area contributed by atoms with Gasteiger partial charge in [-0.05, 0) is 25.7 Å². The normalized spacial score (nSPS) is 21.0. The second-order valence-electron chi connectivity index (χ2n) is 5.21. The number of phenols is 1. The van der Waals surface area contributed by atoms with Crippen molar-refractivity contribution in [1.29, 1.82) is 0 Å². The van der Waals surface area contributed by atoms with Crippen LogP contribution in [0.4, 0.5) is 5.69 Å². The average Bonchev–Trinajstić information content (AvgIpc) is 2.56. The predicted molar refractivity (Wildman–Crippen MR) is 80.0 cm³/mol. The van der Waals surface area contributed by atoms with E-state index in [1.165, 1.54) is 0 Å². The molecule has 0 aliphatic carbocycles. The van der Waals surface area contributed by atoms with Crippen molar-refractivity contribution in [2.75, 3.05) is 38.1 Å². The van der Waals surface area contributed by atoms with E-state index in [-0.39, 0.29) is 17.7 Å². The molecule has 0 radical (unpaired) electrons. The minimum absolute atomic E-state index is 0.114. The summed E-state index contributed by atoms with van der Waals surface area (Å²) in [7, 11) is 2.06. The monoisotopic (exact) mass is 277 g/mol. The first kappa shape index (κ1) is 14.8. The summed E-state index contributed by atoms with van der Waals surface area (Å²) in [6, 6.07) is 7.11. The zero-order valence-electron chi connectivity index (χ0n) is 12.2. The number of amides is 1. The lowest BCUT2D eigenvalue weighted by Gasteiger charge is -2.24. The topological polar surface area (TPSA) is 55.8 Å². The number of anilines is 1. The summed E-state index contributed by atoms with van der Waals surface area (Å²) in [6.45, 7) is 5.29. The molecule has 1 aliphatic rings. The fourth-order valence-corrected chi connectivity index (χ4v) is 2.51. The summed E-state index contributed by atoms with van der Waals surface area (Å²) in [5, 5.41) is 12.9. The molecule has 0 bridgehead atoms. The molecule has 1 unspecified atom stereocenters. The lowest BCUT2D eigenvalue weighted by molar-refractivity contribution is -0.119. The number of carbonyl (C=O) groups excluding carboxylic acids is 1. The fourth-order valence-electron chi connectivity index (χ4n) is 2.51. The Balaban J connectivity index is 2.11. The molecule has 1 fully saturated rings. The Labute approximate surface area is 120 Å². The van der Waals surface area contributed by atoms with Gasteiger partial charge in [0.15, 0.2) is 0 Å². The summed E-state index contributed by atoms with van der Waals surface area (Å²) < 4.78 is 0. The maximum Gasteiger partial charge on any atom is 0.228 e. The smallest absolute Gasteiger partial charge is 0.228 e. The van der Waals surface area contributed by atoms with Gasteiger partial charge >= 0.3 is 0 Å². The third kappa shape index (κ3) is 3.49. The van der Waals surface area contributed by atoms with Crippen LogP contribution in [0.2, 0.25) is 0 Å². The van der Waals surface area contributed by atoms with Crippen molar-refractivity contribution in [3.8, 4) is 5.75 Å². The van der Waals surface area contributed by atoms with Gasteiger partial charge in [-0.3, -0.25) is 9.69 Å². The summed E-state index contributed by atoms with van der Waals surface area (Å²) in [6.07, 6.45) is 0.499. The zero-order chi connectivity index (χ0) is 14.5. The molecule has 110 valence electrons. The molecule has 1 heterocycles. The molecule has 2 N–H and O–H groups in total. The molecule has 2 rings (SSSR count). The first-order valence-electron chi connectivity index (χ1n) is 7.12. The van der Waals surface area contributed by atoms with E-state index in [1.54, 1.807) is 23.1 Å². The van der Waals surface area contributed by atoms with Gasteiger partial charge in [0.05, 0.1) is 0 Å². The Hall–Kier alpha value is -1.59. The number of likely N-dealkylation sites (N-methyl/N-ethyl adjacent to an activating group) is 2. The molecule has 20 heavy (non-hydrogen) atoms. The SMILES string of the molecule is CCNCC1CC(=O)N(c2cccc(O)c2)CCN1C. The van der Waals surface area contributed by atoms with E-state index in [1.807, 2.05) is 6.07 Å². The van der Waals surface area contributed by atoms with Crippen LogP contribution in [0.5, 0.6) is 5.75 Å². The molecule has 0 aromatic heterocycles. The first-order valence-corrected chi connectivity index (χ1v) is 7.12. The number of hydrogen-bond acceptors (Lipinski definition) is 4. The molecule has 1 aromatic carbocycles. The molecule has 1 amide bonds. The van der Waals surface area contributed by atoms with Crippen LogP contribution in [0, 0.1) is 0 Å². The van der Waals surface area contributed by atoms with Gasteiger partial charge in [0.1, 0.15) is 5.75 Å². The van der Waals surface area contributed by atoms with E-state index in [2.05, 4.69) is 24.2 Å². The van der Waals surface area contributed by atoms with E-state index in [9.17, 15) is 9.90 Å². The second kappa shape index (κ2) is 6.72. The van der Waals surface area contributed by atoms with Gasteiger partial charge in [0.25, 0.3) is 0 Å². The number of benzene rings is 1. The number of nitrogens with one attached hydrogen (secondary N) is 1. The zero-order valence-corrected chi connectivity index (χ0v) is 12.2. The van der Waals surface area contributed by atoms with Crippen molar-refractivity contribution < 1.29 is 9.90 Å². The number of phenolic OH excluding ortho intramolecular Hbond substituents is 1. The maximum atomic E-state index is 12.4. The first-order chi connectivity index (χ1) is 9.61. The fraction of sp³-hybridized carbons (Fsp3) is 0.533. The van der Waals surface area contributed by atoms with Gasteiger partial charge in [-0.2, -0.15) is 0 Å². The van der Waals surface area contributed by atoms with Crippen LogP contribution in [0.3, 0.4) is 0 Å². The van der Waals surface area contributed by atoms with Crippen molar-refractivity contribution in [1.82, 2.24) is 10.2 Å². The van der Waals surface area contributed by atoms with Crippen LogP contribution in [0.1, 0.15) is 13.3 Å². The highest BCUT2D eigenvalue weighted by molar-refractivity contribution is 5.94. The minimum atomic E-state index is 0.114. The van der Waals surface area contributed by atoms with Gasteiger partial charge in [0.2, 0.25) is 5.91 Å². The third-order valence-electron chi connectivity index (χ3n) is 3.78. The summed E-state index contributed by atoms with van der Waals surface area (Å²) in [4.78, 5) is 16.4. The van der Waals surface area contributed by atoms with Crippen molar-refractivity contribution >= 4 is 11.6 Å². The maximum absolute atomic E-state index is 12.4. The summed E-state index contributed by atoms with van der Waals surface area (Å²) in [5.74, 6) is 0.306. The van der Waals surface area contributed by atoms with Crippen molar-refractivity contribution in [3.05, 3.63) is 24.3 Å². The van der Waals surface area contributed by atoms with Crippen LogP contribution < -0.4 is 10.2 Å². The molecule has 1 saturated heterocycles. The van der Waals surface area contributed by atoms with Crippen LogP contribution in [0.15, 0.2) is 24.3 Å². The van der Waals surface area contributed by atoms with Crippen LogP contribution >= 0.6 is 0 Å². The third-order valence-corrected chi connectivity index (χ3v) is 3.78. The number of aromatic hydroxyl groups is 1. The Morgan fingerprint density at radius 3 is 2.90 bits per heavy atom. The van der Waals surface area contributed by atoms with Gasteiger partial charge in [-0.1, -0.05) is 13.0 Å². The van der Waals surface area contributed by atoms with Crippen molar-refractivity contribution in [3.63, 3.8) is 0 Å². The van der Waals surface area contributed by atoms with E-state index in [0.29, 0.717) is 13.0 Å². The number of carbonyl (C=O) groups is 1. The Morgan fingerprint density at radius 1 is 1.40 bits per heavy atom. The number of hydrogen-bond donors (Lipinski definition) is 2. The molecule has 0 spiro atoms. The van der Waals surface area contributed by atoms with Crippen LogP contribution in [0.25, 0.3) is 0 Å². The van der Waals surface area contributed by atoms with Gasteiger partial charge in [-0.25, -0.2) is 0 Å². The Morgan fingerprint density at radius 2 is 2.20 bits per heavy atom. The molecule has 0 saturated carbocycles. The molecule has 1 aromatic rings. The van der Waals surface area contributed by atoms with Crippen molar-refractivity contribution in [2.45, 2.75) is 19.4 Å². The Kier molecular flexibility index (Phi) is 4.98. The quantitative estimate of drug-likeness (QED) is 0.863. The molecule has 1 atom stereocenters. The van der Waals surface area contributed by atoms with Crippen LogP contribution in [-0.2, 0) is 4.79 Å². The lowest BCUT2D eigenvalue weighted by Crippen LogP contribution is -2.40. The summed E-state index contributed by atoms with van der Waals surface area (Å²) in [5.41, 5.74) is 0.771. The van der Waals surface area contributed by atoms with Gasteiger partial charge in [-0.15, -0.1) is 0 Å². The largest absolute Gasteiger partial charge is 0.508 e. The number of nitrogens with zero attached hydrogens (tertiary/aromatic N) is 2. The van der Waals surface area contributed by atoms with Gasteiger partial charge in [0, 0.05) is 43.9 Å². The van der Waals surface area contributed by atoms with E-state index >= 15 is 0 Å². The Bertz CT molecular complexity index is 464. The standard InChI is InChI=1S/C15H23N3O2/c1-3-16-11-13-10-15(20)18(8-7-17(13)2)12-5-4-6-14(19)9-12/h4-6,9,13,16,19H,3,7-8,10-11H2,1-2H3. The minimum Gasteiger partial charge on any atom is -0.508 e. The summed E-state index contributed by atoms with van der Waals surface area (Å²) >= 11 is 0. The highest BCUT2D eigenvalue weighted by Crippen LogP contribution is 2.23. The predicted octanol–water partition coefficient (Wildman–Crippen LogP) is 1.04. The van der Waals surface area contributed by atoms with E-state index < -0.39 is 0 Å². The molecule has 5 heteroatoms. The van der Waals surface area contributed by atoms with Gasteiger partial charge < -0.3 is 15.3 Å². The van der Waals surface area contributed by atoms with E-state index in [0.717, 1.165) is 25.3 Å². The van der Waals surface area contributed by atoms with E-state index in [4.69, 9.17) is 0 Å². The molecule has 1 aliphatic heterocycles. The van der Waals surface area contributed by atoms with Crippen molar-refractivity contribution in [2.24, 2.45) is 0 Å². The lowest BCUT2D eigenvalue weighted by atomic mass is 10.1. The molecular weight excluding hydrogens is 254 g/mol. The highest BCUT2D eigenvalue weighted by Gasteiger charge is 2.27. The molecular formula is C15H23N3O2. The highest BCUT2D eigenvalue weighted by atomic mass is 16.3. The second-order valence-corrected chi connectivity index (χ2v) is 5.21. The number of rotatable bonds is 4. The average molecular weight is 277 g/mol. The van der Waals surface area contributed by atoms with Crippen LogP contribution in [-0.4, -0.2) is 55.2 Å². The molecule has 5 nitrogen and oxygen atoms in total.